The summed E-state index contributed by atoms with van der Waals surface area (Å²) >= 11 is 0. The third-order valence-corrected chi connectivity index (χ3v) is 5.06. The molecule has 1 saturated heterocycles. The van der Waals surface area contributed by atoms with E-state index in [-0.39, 0.29) is 5.75 Å². The van der Waals surface area contributed by atoms with Gasteiger partial charge in [-0.25, -0.2) is 12.7 Å². The van der Waals surface area contributed by atoms with Crippen molar-refractivity contribution >= 4 is 10.0 Å². The lowest BCUT2D eigenvalue weighted by Gasteiger charge is -2.30. The van der Waals surface area contributed by atoms with Crippen LogP contribution in [0.1, 0.15) is 31.4 Å². The zero-order valence-corrected chi connectivity index (χ0v) is 10.2. The lowest BCUT2D eigenvalue weighted by Crippen LogP contribution is -2.38. The van der Waals surface area contributed by atoms with Crippen LogP contribution >= 0.6 is 0 Å². The fraction of sp³-hybridized carbons (Fsp3) is 0.700. The second-order valence-electron chi connectivity index (χ2n) is 4.09. The monoisotopic (exact) mass is 243 g/mol. The number of nitrogens with one attached hydrogen (secondary N) is 1. The van der Waals surface area contributed by atoms with Gasteiger partial charge in [0.2, 0.25) is 10.0 Å². The second-order valence-corrected chi connectivity index (χ2v) is 6.34. The first-order chi connectivity index (χ1) is 7.63. The molecule has 6 heteroatoms. The summed E-state index contributed by atoms with van der Waals surface area (Å²) in [5.74, 6) is 0.618. The molecular formula is C10H17N3O2S. The number of aromatic amines is 1. The Morgan fingerprint density at radius 1 is 1.50 bits per heavy atom. The average Bonchev–Trinajstić information content (AvgIpc) is 2.83. The second kappa shape index (κ2) is 4.55. The number of hydrogen-bond acceptors (Lipinski definition) is 3. The summed E-state index contributed by atoms with van der Waals surface area (Å²) in [4.78, 5) is 0. The van der Waals surface area contributed by atoms with Crippen molar-refractivity contribution in [3.8, 4) is 0 Å². The number of H-pyrrole nitrogens is 1. The van der Waals surface area contributed by atoms with Crippen LogP contribution in [-0.4, -0.2) is 41.8 Å². The maximum Gasteiger partial charge on any atom is 0.213 e. The van der Waals surface area contributed by atoms with Crippen molar-refractivity contribution in [1.29, 1.82) is 0 Å². The Labute approximate surface area is 95.9 Å². The van der Waals surface area contributed by atoms with Crippen LogP contribution in [0.4, 0.5) is 0 Å². The first kappa shape index (κ1) is 11.6. The number of piperidine rings is 1. The Balaban J connectivity index is 1.98. The lowest BCUT2D eigenvalue weighted by atomic mass is 9.95. The minimum atomic E-state index is -3.01. The van der Waals surface area contributed by atoms with Gasteiger partial charge >= 0.3 is 0 Å². The molecule has 2 heterocycles. The van der Waals surface area contributed by atoms with Crippen LogP contribution in [0.25, 0.3) is 0 Å². The molecule has 1 fully saturated rings. The van der Waals surface area contributed by atoms with Crippen molar-refractivity contribution in [3.05, 3.63) is 18.0 Å². The Morgan fingerprint density at radius 3 is 2.69 bits per heavy atom. The molecule has 1 aliphatic rings. The summed E-state index contributed by atoms with van der Waals surface area (Å²) in [6.07, 6.45) is 3.49. The van der Waals surface area contributed by atoms with Gasteiger partial charge in [-0.15, -0.1) is 0 Å². The summed E-state index contributed by atoms with van der Waals surface area (Å²) in [5.41, 5.74) is 1.12. The lowest BCUT2D eigenvalue weighted by molar-refractivity contribution is 0.317. The first-order valence-electron chi connectivity index (χ1n) is 5.60. The molecule has 90 valence electrons. The van der Waals surface area contributed by atoms with Crippen LogP contribution in [0, 0.1) is 0 Å². The number of aromatic nitrogens is 2. The Bertz CT molecular complexity index is 419. The molecule has 1 aromatic rings. The highest BCUT2D eigenvalue weighted by atomic mass is 32.2. The fourth-order valence-electron chi connectivity index (χ4n) is 2.12. The quantitative estimate of drug-likeness (QED) is 0.859. The van der Waals surface area contributed by atoms with Crippen molar-refractivity contribution in [2.24, 2.45) is 0 Å². The third kappa shape index (κ3) is 2.27. The van der Waals surface area contributed by atoms with Crippen LogP contribution in [0.2, 0.25) is 0 Å². The van der Waals surface area contributed by atoms with E-state index >= 15 is 0 Å². The Kier molecular flexibility index (Phi) is 3.30. The van der Waals surface area contributed by atoms with E-state index < -0.39 is 10.0 Å². The molecule has 0 amide bonds. The van der Waals surface area contributed by atoms with Crippen LogP contribution in [-0.2, 0) is 10.0 Å². The topological polar surface area (TPSA) is 66.1 Å². The molecule has 16 heavy (non-hydrogen) atoms. The SMILES string of the molecule is CCS(=O)(=O)N1CCC(c2ccn[nH]2)CC1. The van der Waals surface area contributed by atoms with E-state index in [0.29, 0.717) is 19.0 Å². The van der Waals surface area contributed by atoms with Crippen molar-refractivity contribution in [3.63, 3.8) is 0 Å². The van der Waals surface area contributed by atoms with Crippen molar-refractivity contribution in [2.75, 3.05) is 18.8 Å². The highest BCUT2D eigenvalue weighted by molar-refractivity contribution is 7.89. The maximum absolute atomic E-state index is 11.7. The van der Waals surface area contributed by atoms with Crippen LogP contribution in [0.15, 0.2) is 12.3 Å². The summed E-state index contributed by atoms with van der Waals surface area (Å²) in [7, 11) is -3.01. The van der Waals surface area contributed by atoms with Gasteiger partial charge in [-0.2, -0.15) is 5.10 Å². The predicted octanol–water partition coefficient (Wildman–Crippen LogP) is 0.939. The van der Waals surface area contributed by atoms with Crippen LogP contribution in [0.5, 0.6) is 0 Å². The third-order valence-electron chi connectivity index (χ3n) is 3.17. The molecule has 5 nitrogen and oxygen atoms in total. The molecule has 0 atom stereocenters. The normalized spacial score (nSPS) is 20.1. The molecule has 0 bridgehead atoms. The van der Waals surface area contributed by atoms with Crippen LogP contribution < -0.4 is 0 Å². The maximum atomic E-state index is 11.7. The molecule has 0 spiro atoms. The van der Waals surface area contributed by atoms with E-state index in [1.54, 1.807) is 17.4 Å². The zero-order valence-electron chi connectivity index (χ0n) is 9.39. The summed E-state index contributed by atoms with van der Waals surface area (Å²) in [5, 5.41) is 6.88. The van der Waals surface area contributed by atoms with E-state index in [9.17, 15) is 8.42 Å². The van der Waals surface area contributed by atoms with Crippen molar-refractivity contribution in [1.82, 2.24) is 14.5 Å². The van der Waals surface area contributed by atoms with E-state index in [2.05, 4.69) is 10.2 Å². The van der Waals surface area contributed by atoms with Gasteiger partial charge in [-0.1, -0.05) is 0 Å². The zero-order chi connectivity index (χ0) is 11.6. The molecule has 0 aliphatic carbocycles. The summed E-state index contributed by atoms with van der Waals surface area (Å²) in [6.45, 7) is 2.94. The van der Waals surface area contributed by atoms with Crippen molar-refractivity contribution < 1.29 is 8.42 Å². The van der Waals surface area contributed by atoms with E-state index in [1.807, 2.05) is 6.07 Å². The number of sulfonamides is 1. The number of nitrogens with zero attached hydrogens (tertiary/aromatic N) is 2. The molecular weight excluding hydrogens is 226 g/mol. The summed E-state index contributed by atoms with van der Waals surface area (Å²) < 4.78 is 24.9. The standard InChI is InChI=1S/C10H17N3O2S/c1-2-16(14,15)13-7-4-9(5-8-13)10-3-6-11-12-10/h3,6,9H,2,4-5,7-8H2,1H3,(H,11,12). The molecule has 0 unspecified atom stereocenters. The van der Waals surface area contributed by atoms with Gasteiger partial charge in [-0.05, 0) is 25.8 Å². The molecule has 0 radical (unpaired) electrons. The van der Waals surface area contributed by atoms with Gasteiger partial charge in [-0.3, -0.25) is 5.10 Å². The molecule has 0 saturated carbocycles. The predicted molar refractivity (Wildman–Crippen MR) is 61.6 cm³/mol. The van der Waals surface area contributed by atoms with Gasteiger partial charge in [0.1, 0.15) is 0 Å². The van der Waals surface area contributed by atoms with E-state index in [0.717, 1.165) is 18.5 Å². The van der Waals surface area contributed by atoms with E-state index in [4.69, 9.17) is 0 Å². The highest BCUT2D eigenvalue weighted by Gasteiger charge is 2.27. The molecule has 1 aromatic heterocycles. The molecule has 2 rings (SSSR count). The van der Waals surface area contributed by atoms with Gasteiger partial charge < -0.3 is 0 Å². The minimum absolute atomic E-state index is 0.196. The average molecular weight is 243 g/mol. The molecule has 1 aliphatic heterocycles. The number of rotatable bonds is 3. The fourth-order valence-corrected chi connectivity index (χ4v) is 3.25. The minimum Gasteiger partial charge on any atom is -0.282 e. The van der Waals surface area contributed by atoms with E-state index in [1.165, 1.54) is 0 Å². The highest BCUT2D eigenvalue weighted by Crippen LogP contribution is 2.27. The smallest absolute Gasteiger partial charge is 0.213 e. The summed E-state index contributed by atoms with van der Waals surface area (Å²) in [6, 6.07) is 1.97. The molecule has 1 N–H and O–H groups in total. The number of hydrogen-bond donors (Lipinski definition) is 1. The Hall–Kier alpha value is -0.880. The molecule has 0 aromatic carbocycles. The first-order valence-corrected chi connectivity index (χ1v) is 7.21. The van der Waals surface area contributed by atoms with Crippen LogP contribution in [0.3, 0.4) is 0 Å². The van der Waals surface area contributed by atoms with Gasteiger partial charge in [0.15, 0.2) is 0 Å². The largest absolute Gasteiger partial charge is 0.282 e. The van der Waals surface area contributed by atoms with Crippen molar-refractivity contribution in [2.45, 2.75) is 25.7 Å². The van der Waals surface area contributed by atoms with Gasteiger partial charge in [0.05, 0.1) is 5.75 Å². The Morgan fingerprint density at radius 2 is 2.19 bits per heavy atom. The van der Waals surface area contributed by atoms with Gasteiger partial charge in [0.25, 0.3) is 0 Å². The van der Waals surface area contributed by atoms with Gasteiger partial charge in [0, 0.05) is 30.9 Å².